The summed E-state index contributed by atoms with van der Waals surface area (Å²) in [4.78, 5) is 34.9. The molecule has 6 heteroatoms. The lowest BCUT2D eigenvalue weighted by Gasteiger charge is -2.18. The van der Waals surface area contributed by atoms with Crippen LogP contribution < -0.4 is 0 Å². The van der Waals surface area contributed by atoms with Gasteiger partial charge in [0.1, 0.15) is 5.82 Å². The van der Waals surface area contributed by atoms with Gasteiger partial charge in [0.05, 0.1) is 16.8 Å². The number of aromatic carboxylic acids is 1. The van der Waals surface area contributed by atoms with E-state index in [1.165, 1.54) is 0 Å². The van der Waals surface area contributed by atoms with Gasteiger partial charge in [0.15, 0.2) is 0 Å². The fourth-order valence-corrected chi connectivity index (χ4v) is 3.91. The van der Waals surface area contributed by atoms with E-state index in [2.05, 4.69) is 9.97 Å². The number of rotatable bonds is 5. The van der Waals surface area contributed by atoms with Crippen molar-refractivity contribution in [3.05, 3.63) is 83.3 Å². The molecule has 2 heterocycles. The highest BCUT2D eigenvalue weighted by atomic mass is 16.4. The van der Waals surface area contributed by atoms with E-state index in [0.29, 0.717) is 36.1 Å². The maximum absolute atomic E-state index is 13.3. The van der Waals surface area contributed by atoms with Crippen LogP contribution in [-0.4, -0.2) is 44.9 Å². The molecule has 1 aliphatic rings. The second kappa shape index (κ2) is 8.45. The number of carbonyl (C=O) groups is 2. The van der Waals surface area contributed by atoms with Crippen molar-refractivity contribution in [3.8, 4) is 11.3 Å². The van der Waals surface area contributed by atoms with E-state index in [-0.39, 0.29) is 11.5 Å². The predicted octanol–water partition coefficient (Wildman–Crippen LogP) is 3.86. The second-order valence-electron chi connectivity index (χ2n) is 7.66. The number of benzene rings is 2. The molecule has 0 spiro atoms. The van der Waals surface area contributed by atoms with Gasteiger partial charge in [-0.3, -0.25) is 4.79 Å². The lowest BCUT2D eigenvalue weighted by Crippen LogP contribution is -2.29. The summed E-state index contributed by atoms with van der Waals surface area (Å²) >= 11 is 0. The minimum Gasteiger partial charge on any atom is -0.478 e. The maximum Gasteiger partial charge on any atom is 0.335 e. The Bertz CT molecular complexity index is 1060. The number of hydrogen-bond donors (Lipinski definition) is 1. The third-order valence-electron chi connectivity index (χ3n) is 5.49. The summed E-state index contributed by atoms with van der Waals surface area (Å²) in [6.07, 6.45) is 3.37. The quantitative estimate of drug-likeness (QED) is 0.702. The lowest BCUT2D eigenvalue weighted by atomic mass is 9.98. The summed E-state index contributed by atoms with van der Waals surface area (Å²) < 4.78 is 0. The fraction of sp³-hybridized carbons (Fsp3) is 0.250. The van der Waals surface area contributed by atoms with Gasteiger partial charge in [-0.2, -0.15) is 0 Å². The summed E-state index contributed by atoms with van der Waals surface area (Å²) in [5, 5.41) is 9.03. The highest BCUT2D eigenvalue weighted by Gasteiger charge is 2.29. The molecule has 1 amide bonds. The van der Waals surface area contributed by atoms with Crippen molar-refractivity contribution in [1.82, 2.24) is 14.9 Å². The van der Waals surface area contributed by atoms with Crippen molar-refractivity contribution in [3.63, 3.8) is 0 Å². The minimum absolute atomic E-state index is 0.0439. The van der Waals surface area contributed by atoms with E-state index >= 15 is 0 Å². The Morgan fingerprint density at radius 3 is 2.53 bits per heavy atom. The topological polar surface area (TPSA) is 83.4 Å². The van der Waals surface area contributed by atoms with Crippen molar-refractivity contribution < 1.29 is 14.7 Å². The van der Waals surface area contributed by atoms with Crippen LogP contribution in [0, 0.1) is 12.8 Å². The molecule has 1 unspecified atom stereocenters. The van der Waals surface area contributed by atoms with Gasteiger partial charge >= 0.3 is 5.97 Å². The van der Waals surface area contributed by atoms with E-state index < -0.39 is 5.97 Å². The van der Waals surface area contributed by atoms with Gasteiger partial charge in [0.25, 0.3) is 5.91 Å². The zero-order chi connectivity index (χ0) is 21.1. The Labute approximate surface area is 175 Å². The molecule has 1 aliphatic heterocycles. The van der Waals surface area contributed by atoms with Crippen LogP contribution in [0.2, 0.25) is 0 Å². The summed E-state index contributed by atoms with van der Waals surface area (Å²) in [7, 11) is 0. The normalized spacial score (nSPS) is 15.9. The van der Waals surface area contributed by atoms with Crippen LogP contribution in [-0.2, 0) is 6.42 Å². The second-order valence-corrected chi connectivity index (χ2v) is 7.66. The average Bonchev–Trinajstić information content (AvgIpc) is 3.22. The van der Waals surface area contributed by atoms with E-state index in [4.69, 9.17) is 5.11 Å². The standard InChI is InChI=1S/C24H23N3O3/c1-16-25-14-21(22(26-16)19-5-3-2-4-6-19)23(28)27-12-11-18(15-27)13-17-7-9-20(10-8-17)24(29)30/h2-10,14,18H,11-13,15H2,1H3,(H,29,30). The lowest BCUT2D eigenvalue weighted by molar-refractivity contribution is 0.0696. The van der Waals surface area contributed by atoms with Gasteiger partial charge < -0.3 is 10.0 Å². The molecule has 2 aromatic carbocycles. The average molecular weight is 401 g/mol. The van der Waals surface area contributed by atoms with Gasteiger partial charge in [0, 0.05) is 24.8 Å². The summed E-state index contributed by atoms with van der Waals surface area (Å²) in [5.41, 5.74) is 3.47. The van der Waals surface area contributed by atoms with E-state index in [1.54, 1.807) is 18.3 Å². The zero-order valence-electron chi connectivity index (χ0n) is 16.8. The van der Waals surface area contributed by atoms with Crippen molar-refractivity contribution in [2.45, 2.75) is 19.8 Å². The fourth-order valence-electron chi connectivity index (χ4n) is 3.91. The van der Waals surface area contributed by atoms with Gasteiger partial charge in [-0.05, 0) is 43.4 Å². The molecule has 3 aromatic rings. The largest absolute Gasteiger partial charge is 0.478 e. The molecule has 0 aliphatic carbocycles. The molecular weight excluding hydrogens is 378 g/mol. The Hall–Kier alpha value is -3.54. The molecular formula is C24H23N3O3. The summed E-state index contributed by atoms with van der Waals surface area (Å²) in [6.45, 7) is 3.18. The summed E-state index contributed by atoms with van der Waals surface area (Å²) in [6, 6.07) is 16.7. The number of hydrogen-bond acceptors (Lipinski definition) is 4. The first-order valence-electron chi connectivity index (χ1n) is 10.0. The highest BCUT2D eigenvalue weighted by molar-refractivity contribution is 5.99. The van der Waals surface area contributed by atoms with Crippen LogP contribution in [0.25, 0.3) is 11.3 Å². The van der Waals surface area contributed by atoms with Gasteiger partial charge in [0.2, 0.25) is 0 Å². The molecule has 1 saturated heterocycles. The van der Waals surface area contributed by atoms with Crippen molar-refractivity contribution in [2.75, 3.05) is 13.1 Å². The number of carboxylic acids is 1. The Morgan fingerprint density at radius 1 is 1.10 bits per heavy atom. The molecule has 1 atom stereocenters. The maximum atomic E-state index is 13.3. The zero-order valence-corrected chi connectivity index (χ0v) is 16.8. The first kappa shape index (κ1) is 19.8. The van der Waals surface area contributed by atoms with E-state index in [0.717, 1.165) is 24.0 Å². The SMILES string of the molecule is Cc1ncc(C(=O)N2CCC(Cc3ccc(C(=O)O)cc3)C2)c(-c2ccccc2)n1. The van der Waals surface area contributed by atoms with Crippen LogP contribution in [0.4, 0.5) is 0 Å². The van der Waals surface area contributed by atoms with Crippen LogP contribution in [0.3, 0.4) is 0 Å². The number of amides is 1. The third-order valence-corrected chi connectivity index (χ3v) is 5.49. The molecule has 6 nitrogen and oxygen atoms in total. The predicted molar refractivity (Wildman–Crippen MR) is 113 cm³/mol. The molecule has 4 rings (SSSR count). The Kier molecular flexibility index (Phi) is 5.57. The van der Waals surface area contributed by atoms with Crippen LogP contribution >= 0.6 is 0 Å². The van der Waals surface area contributed by atoms with Crippen molar-refractivity contribution in [2.24, 2.45) is 5.92 Å². The number of nitrogens with zero attached hydrogens (tertiary/aromatic N) is 3. The summed E-state index contributed by atoms with van der Waals surface area (Å²) in [5.74, 6) is 0.0111. The van der Waals surface area contributed by atoms with Crippen LogP contribution in [0.15, 0.2) is 60.8 Å². The molecule has 0 saturated carbocycles. The molecule has 1 fully saturated rings. The number of aromatic nitrogens is 2. The molecule has 152 valence electrons. The molecule has 1 N–H and O–H groups in total. The van der Waals surface area contributed by atoms with Crippen LogP contribution in [0.5, 0.6) is 0 Å². The molecule has 30 heavy (non-hydrogen) atoms. The van der Waals surface area contributed by atoms with E-state index in [9.17, 15) is 9.59 Å². The van der Waals surface area contributed by atoms with Crippen LogP contribution in [0.1, 0.15) is 38.5 Å². The number of carbonyl (C=O) groups excluding carboxylic acids is 1. The first-order valence-corrected chi connectivity index (χ1v) is 10.0. The van der Waals surface area contributed by atoms with Gasteiger partial charge in [-0.1, -0.05) is 42.5 Å². The number of aryl methyl sites for hydroxylation is 1. The third kappa shape index (κ3) is 4.22. The Morgan fingerprint density at radius 2 is 1.83 bits per heavy atom. The van der Waals surface area contributed by atoms with E-state index in [1.807, 2.05) is 54.3 Å². The molecule has 0 bridgehead atoms. The minimum atomic E-state index is -0.922. The smallest absolute Gasteiger partial charge is 0.335 e. The van der Waals surface area contributed by atoms with Crippen molar-refractivity contribution in [1.29, 1.82) is 0 Å². The highest BCUT2D eigenvalue weighted by Crippen LogP contribution is 2.26. The molecule has 0 radical (unpaired) electrons. The molecule has 1 aromatic heterocycles. The Balaban J connectivity index is 1.48. The van der Waals surface area contributed by atoms with Crippen molar-refractivity contribution >= 4 is 11.9 Å². The number of likely N-dealkylation sites (tertiary alicyclic amines) is 1. The van der Waals surface area contributed by atoms with Gasteiger partial charge in [-0.15, -0.1) is 0 Å². The monoisotopic (exact) mass is 401 g/mol. The number of carboxylic acid groups (broad SMARTS) is 1. The van der Waals surface area contributed by atoms with Gasteiger partial charge in [-0.25, -0.2) is 14.8 Å². The first-order chi connectivity index (χ1) is 14.5.